The average molecular weight is 650 g/mol. The monoisotopic (exact) mass is 649 g/mol. The minimum atomic E-state index is -4.44. The molecule has 9 nitrogen and oxygen atoms in total. The zero-order chi connectivity index (χ0) is 33.9. The zero-order valence-corrected chi connectivity index (χ0v) is 27.0. The van der Waals surface area contributed by atoms with Crippen LogP contribution in [0.3, 0.4) is 0 Å². The molecule has 0 radical (unpaired) electrons. The zero-order valence-electron chi connectivity index (χ0n) is 27.0. The fraction of sp³-hybridized carbons (Fsp3) is 0.559. The molecule has 0 saturated heterocycles. The Morgan fingerprint density at radius 1 is 1.13 bits per heavy atom. The summed E-state index contributed by atoms with van der Waals surface area (Å²) in [5.41, 5.74) is 1.47. The topological polar surface area (TPSA) is 108 Å². The Kier molecular flexibility index (Phi) is 13.9. The van der Waals surface area contributed by atoms with E-state index < -0.39 is 43.0 Å². The lowest BCUT2D eigenvalue weighted by molar-refractivity contribution is -0.149. The first-order valence-electron chi connectivity index (χ1n) is 15.8. The van der Waals surface area contributed by atoms with E-state index in [-0.39, 0.29) is 49.6 Å². The van der Waals surface area contributed by atoms with Gasteiger partial charge in [-0.25, -0.2) is 0 Å². The summed E-state index contributed by atoms with van der Waals surface area (Å²) >= 11 is 0. The SMILES string of the molecule is C[C@@H]1CCCCO[C@H](CN(C)C(=O)CCC(F)(F)F)[C@H](C)CN([C@H](C)CO)C(=O)c2cc(NC(=O)Cc3ccccc3)ccc2O1. The number of rotatable bonds is 9. The van der Waals surface area contributed by atoms with Gasteiger partial charge in [-0.05, 0) is 56.9 Å². The first-order chi connectivity index (χ1) is 21.8. The summed E-state index contributed by atoms with van der Waals surface area (Å²) in [5.74, 6) is -1.35. The van der Waals surface area contributed by atoms with Gasteiger partial charge in [0.1, 0.15) is 5.75 Å². The van der Waals surface area contributed by atoms with Crippen molar-refractivity contribution in [1.82, 2.24) is 9.80 Å². The number of anilines is 1. The number of hydrogen-bond donors (Lipinski definition) is 2. The Hall–Kier alpha value is -3.64. The van der Waals surface area contributed by atoms with E-state index in [0.717, 1.165) is 12.0 Å². The van der Waals surface area contributed by atoms with Gasteiger partial charge in [-0.15, -0.1) is 0 Å². The highest BCUT2D eigenvalue weighted by molar-refractivity contribution is 6.00. The summed E-state index contributed by atoms with van der Waals surface area (Å²) in [7, 11) is 1.45. The number of alkyl halides is 3. The van der Waals surface area contributed by atoms with Gasteiger partial charge in [-0.2, -0.15) is 13.2 Å². The van der Waals surface area contributed by atoms with Crippen LogP contribution >= 0.6 is 0 Å². The number of halogens is 3. The molecule has 1 heterocycles. The molecule has 0 bridgehead atoms. The number of carbonyl (C=O) groups is 3. The van der Waals surface area contributed by atoms with Gasteiger partial charge in [0.2, 0.25) is 11.8 Å². The van der Waals surface area contributed by atoms with Crippen molar-refractivity contribution >= 4 is 23.4 Å². The van der Waals surface area contributed by atoms with Crippen LogP contribution in [0.15, 0.2) is 48.5 Å². The number of benzene rings is 2. The maximum atomic E-state index is 14.2. The third kappa shape index (κ3) is 11.6. The number of aliphatic hydroxyl groups is 1. The number of nitrogens with one attached hydrogen (secondary N) is 1. The van der Waals surface area contributed by atoms with E-state index in [2.05, 4.69) is 5.32 Å². The number of carbonyl (C=O) groups excluding carboxylic acids is 3. The third-order valence-corrected chi connectivity index (χ3v) is 8.04. The highest BCUT2D eigenvalue weighted by Crippen LogP contribution is 2.29. The Bertz CT molecular complexity index is 1290. The largest absolute Gasteiger partial charge is 0.490 e. The highest BCUT2D eigenvalue weighted by Gasteiger charge is 2.32. The summed E-state index contributed by atoms with van der Waals surface area (Å²) in [6.07, 6.45) is -4.87. The third-order valence-electron chi connectivity index (χ3n) is 8.04. The molecule has 12 heteroatoms. The number of hydrogen-bond acceptors (Lipinski definition) is 6. The maximum absolute atomic E-state index is 14.2. The van der Waals surface area contributed by atoms with E-state index in [4.69, 9.17) is 9.47 Å². The van der Waals surface area contributed by atoms with Crippen molar-refractivity contribution < 1.29 is 42.1 Å². The molecule has 1 aliphatic heterocycles. The standard InChI is InChI=1S/C34H46F3N3O6/c1-23-20-40(24(2)22-41)33(44)28-19-27(38-31(42)18-26-11-6-5-7-12-26)13-14-29(28)46-25(3)10-8-9-17-45-30(23)21-39(4)32(43)15-16-34(35,36)37/h5-7,11-14,19,23-25,30,41H,8-10,15-18,20-22H2,1-4H3,(H,38,42)/t23-,24-,25-,30-/m1/s1. The molecule has 0 aliphatic carbocycles. The molecule has 0 unspecified atom stereocenters. The quantitative estimate of drug-likeness (QED) is 0.374. The van der Waals surface area contributed by atoms with Gasteiger partial charge in [-0.3, -0.25) is 14.4 Å². The van der Waals surface area contributed by atoms with Crippen molar-refractivity contribution in [2.75, 3.05) is 38.7 Å². The van der Waals surface area contributed by atoms with E-state index in [1.807, 2.05) is 44.2 Å². The van der Waals surface area contributed by atoms with Crippen molar-refractivity contribution in [1.29, 1.82) is 0 Å². The second-order valence-corrected chi connectivity index (χ2v) is 12.1. The van der Waals surface area contributed by atoms with Gasteiger partial charge < -0.3 is 29.7 Å². The summed E-state index contributed by atoms with van der Waals surface area (Å²) in [5, 5.41) is 13.0. The first-order valence-corrected chi connectivity index (χ1v) is 15.8. The van der Waals surface area contributed by atoms with Crippen LogP contribution in [0.5, 0.6) is 5.75 Å². The Morgan fingerprint density at radius 2 is 1.85 bits per heavy atom. The van der Waals surface area contributed by atoms with Crippen LogP contribution in [0, 0.1) is 5.92 Å². The molecule has 4 atom stereocenters. The van der Waals surface area contributed by atoms with Crippen molar-refractivity contribution in [3.63, 3.8) is 0 Å². The van der Waals surface area contributed by atoms with E-state index in [9.17, 15) is 32.7 Å². The number of amides is 3. The van der Waals surface area contributed by atoms with Gasteiger partial charge in [0.25, 0.3) is 5.91 Å². The predicted octanol–water partition coefficient (Wildman–Crippen LogP) is 5.46. The van der Waals surface area contributed by atoms with E-state index in [1.165, 1.54) is 16.8 Å². The number of ether oxygens (including phenoxy) is 2. The van der Waals surface area contributed by atoms with Crippen molar-refractivity contribution in [2.24, 2.45) is 5.92 Å². The summed E-state index contributed by atoms with van der Waals surface area (Å²) < 4.78 is 50.6. The van der Waals surface area contributed by atoms with E-state index >= 15 is 0 Å². The summed E-state index contributed by atoms with van der Waals surface area (Å²) in [6.45, 7) is 5.63. The summed E-state index contributed by atoms with van der Waals surface area (Å²) in [6, 6.07) is 13.6. The smallest absolute Gasteiger partial charge is 0.389 e. The predicted molar refractivity (Wildman–Crippen MR) is 169 cm³/mol. The lowest BCUT2D eigenvalue weighted by atomic mass is 10.0. The summed E-state index contributed by atoms with van der Waals surface area (Å²) in [4.78, 5) is 42.3. The average Bonchev–Trinajstić information content (AvgIpc) is 3.01. The normalized spacial score (nSPS) is 20.6. The number of likely N-dealkylation sites (N-methyl/N-ethyl adjacent to an activating group) is 1. The minimum absolute atomic E-state index is 0.0427. The molecule has 254 valence electrons. The van der Waals surface area contributed by atoms with Crippen molar-refractivity contribution in [3.05, 3.63) is 59.7 Å². The Morgan fingerprint density at radius 3 is 2.52 bits per heavy atom. The molecular weight excluding hydrogens is 603 g/mol. The second kappa shape index (κ2) is 17.3. The van der Waals surface area contributed by atoms with Gasteiger partial charge in [-0.1, -0.05) is 37.3 Å². The molecule has 2 aromatic carbocycles. The maximum Gasteiger partial charge on any atom is 0.389 e. The van der Waals surface area contributed by atoms with Crippen LogP contribution in [-0.2, 0) is 20.7 Å². The van der Waals surface area contributed by atoms with Crippen molar-refractivity contribution in [2.45, 2.75) is 83.7 Å². The van der Waals surface area contributed by atoms with Crippen LogP contribution in [0.25, 0.3) is 0 Å². The molecule has 0 saturated carbocycles. The number of nitrogens with zero attached hydrogens (tertiary/aromatic N) is 2. The molecule has 2 aromatic rings. The second-order valence-electron chi connectivity index (χ2n) is 12.1. The van der Waals surface area contributed by atoms with E-state index in [1.54, 1.807) is 25.1 Å². The van der Waals surface area contributed by atoms with Crippen LogP contribution in [0.2, 0.25) is 0 Å². The fourth-order valence-electron chi connectivity index (χ4n) is 5.26. The van der Waals surface area contributed by atoms with Gasteiger partial charge in [0, 0.05) is 44.8 Å². The molecular formula is C34H46F3N3O6. The minimum Gasteiger partial charge on any atom is -0.490 e. The van der Waals surface area contributed by atoms with Gasteiger partial charge in [0.15, 0.2) is 0 Å². The highest BCUT2D eigenvalue weighted by atomic mass is 19.4. The lowest BCUT2D eigenvalue weighted by Gasteiger charge is -2.36. The molecule has 3 rings (SSSR count). The van der Waals surface area contributed by atoms with Crippen LogP contribution in [0.4, 0.5) is 18.9 Å². The van der Waals surface area contributed by atoms with Crippen LogP contribution in [-0.4, -0.2) is 90.4 Å². The van der Waals surface area contributed by atoms with Gasteiger partial charge in [0.05, 0.1) is 43.3 Å². The molecule has 2 N–H and O–H groups in total. The van der Waals surface area contributed by atoms with Crippen molar-refractivity contribution in [3.8, 4) is 5.75 Å². The molecule has 0 fully saturated rings. The Labute approximate surface area is 269 Å². The van der Waals surface area contributed by atoms with Gasteiger partial charge >= 0.3 is 6.18 Å². The molecule has 46 heavy (non-hydrogen) atoms. The van der Waals surface area contributed by atoms with Crippen LogP contribution in [0.1, 0.15) is 68.8 Å². The number of fused-ring (bicyclic) bond motifs is 1. The molecule has 0 spiro atoms. The molecule has 0 aromatic heterocycles. The fourth-order valence-corrected chi connectivity index (χ4v) is 5.26. The number of aliphatic hydroxyl groups excluding tert-OH is 1. The molecule has 1 aliphatic rings. The molecule has 3 amide bonds. The van der Waals surface area contributed by atoms with E-state index in [0.29, 0.717) is 30.9 Å². The van der Waals surface area contributed by atoms with Crippen LogP contribution < -0.4 is 10.1 Å². The lowest BCUT2D eigenvalue weighted by Crippen LogP contribution is -2.48. The first kappa shape index (κ1) is 36.8. The Balaban J connectivity index is 1.89.